The minimum Gasteiger partial charge on any atom is -0.345 e. The van der Waals surface area contributed by atoms with Crippen LogP contribution in [0.3, 0.4) is 0 Å². The summed E-state index contributed by atoms with van der Waals surface area (Å²) in [6.07, 6.45) is 4.37. The molecule has 132 valence electrons. The van der Waals surface area contributed by atoms with Gasteiger partial charge in [-0.15, -0.1) is 0 Å². The number of carbonyl (C=O) groups is 2. The van der Waals surface area contributed by atoms with Gasteiger partial charge in [0.2, 0.25) is 5.91 Å². The molecule has 2 amide bonds. The summed E-state index contributed by atoms with van der Waals surface area (Å²) in [6.45, 7) is 4.68. The lowest BCUT2D eigenvalue weighted by Crippen LogP contribution is -2.35. The molecule has 1 unspecified atom stereocenters. The third kappa shape index (κ3) is 3.57. The van der Waals surface area contributed by atoms with Crippen LogP contribution in [0, 0.1) is 6.92 Å². The van der Waals surface area contributed by atoms with Crippen molar-refractivity contribution in [3.63, 3.8) is 0 Å². The SMILES string of the molecule is Cc1c(C(C)NC(=O)c2ccc(N3CCCCC3=O)cc2)cnn1C. The van der Waals surface area contributed by atoms with Crippen LogP contribution in [0.2, 0.25) is 0 Å². The number of nitrogens with one attached hydrogen (secondary N) is 1. The Bertz CT molecular complexity index is 779. The molecule has 1 saturated heterocycles. The summed E-state index contributed by atoms with van der Waals surface area (Å²) in [5.74, 6) is 0.0244. The Kier molecular flexibility index (Phi) is 4.88. The summed E-state index contributed by atoms with van der Waals surface area (Å²) < 4.78 is 1.79. The first-order valence-corrected chi connectivity index (χ1v) is 8.67. The van der Waals surface area contributed by atoms with Gasteiger partial charge in [0.15, 0.2) is 0 Å². The summed E-state index contributed by atoms with van der Waals surface area (Å²) in [6, 6.07) is 7.12. The molecule has 0 saturated carbocycles. The molecule has 1 aliphatic heterocycles. The van der Waals surface area contributed by atoms with Crippen LogP contribution in [-0.4, -0.2) is 28.1 Å². The second-order valence-electron chi connectivity index (χ2n) is 6.55. The predicted octanol–water partition coefficient (Wildman–Crippen LogP) is 2.74. The van der Waals surface area contributed by atoms with Gasteiger partial charge >= 0.3 is 0 Å². The van der Waals surface area contributed by atoms with Gasteiger partial charge < -0.3 is 10.2 Å². The largest absolute Gasteiger partial charge is 0.345 e. The molecule has 2 heterocycles. The Morgan fingerprint density at radius 3 is 2.56 bits per heavy atom. The Morgan fingerprint density at radius 1 is 1.24 bits per heavy atom. The molecule has 0 bridgehead atoms. The molecule has 3 rings (SSSR count). The molecule has 6 heteroatoms. The zero-order valence-corrected chi connectivity index (χ0v) is 15.0. The van der Waals surface area contributed by atoms with Gasteiger partial charge in [0.25, 0.3) is 5.91 Å². The third-order valence-electron chi connectivity index (χ3n) is 4.85. The molecule has 1 aromatic heterocycles. The first-order chi connectivity index (χ1) is 12.0. The van der Waals surface area contributed by atoms with Gasteiger partial charge in [-0.05, 0) is 51.0 Å². The maximum Gasteiger partial charge on any atom is 0.251 e. The van der Waals surface area contributed by atoms with Crippen LogP contribution in [0.1, 0.15) is 53.8 Å². The van der Waals surface area contributed by atoms with Crippen LogP contribution >= 0.6 is 0 Å². The smallest absolute Gasteiger partial charge is 0.251 e. The first-order valence-electron chi connectivity index (χ1n) is 8.67. The fourth-order valence-corrected chi connectivity index (χ4v) is 3.17. The predicted molar refractivity (Wildman–Crippen MR) is 96.5 cm³/mol. The molecule has 2 aromatic rings. The molecule has 6 nitrogen and oxygen atoms in total. The lowest BCUT2D eigenvalue weighted by molar-refractivity contribution is -0.119. The minimum absolute atomic E-state index is 0.121. The van der Waals surface area contributed by atoms with E-state index in [-0.39, 0.29) is 17.9 Å². The van der Waals surface area contributed by atoms with Crippen LogP contribution in [0.25, 0.3) is 0 Å². The van der Waals surface area contributed by atoms with E-state index in [2.05, 4.69) is 10.4 Å². The Morgan fingerprint density at radius 2 is 1.96 bits per heavy atom. The quantitative estimate of drug-likeness (QED) is 0.930. The van der Waals surface area contributed by atoms with Crippen molar-refractivity contribution in [1.82, 2.24) is 15.1 Å². The lowest BCUT2D eigenvalue weighted by Gasteiger charge is -2.26. The zero-order chi connectivity index (χ0) is 18.0. The highest BCUT2D eigenvalue weighted by molar-refractivity contribution is 5.97. The van der Waals surface area contributed by atoms with E-state index in [0.29, 0.717) is 12.0 Å². The Hall–Kier alpha value is -2.63. The minimum atomic E-state index is -0.132. The molecule has 0 radical (unpaired) electrons. The molecule has 1 fully saturated rings. The maximum atomic E-state index is 12.5. The van der Waals surface area contributed by atoms with Gasteiger partial charge in [0.05, 0.1) is 12.2 Å². The summed E-state index contributed by atoms with van der Waals surface area (Å²) in [5, 5.41) is 7.22. The number of aryl methyl sites for hydroxylation is 1. The molecule has 0 spiro atoms. The summed E-state index contributed by atoms with van der Waals surface area (Å²) >= 11 is 0. The normalized spacial score (nSPS) is 16.0. The zero-order valence-electron chi connectivity index (χ0n) is 15.0. The molecule has 1 aromatic carbocycles. The van der Waals surface area contributed by atoms with E-state index in [1.807, 2.05) is 33.0 Å². The number of rotatable bonds is 4. The standard InChI is InChI=1S/C19H24N4O2/c1-13(17-12-20-22(3)14(17)2)21-19(25)15-7-9-16(10-8-15)23-11-5-4-6-18(23)24/h7-10,12-13H,4-6,11H2,1-3H3,(H,21,25). The van der Waals surface area contributed by atoms with E-state index in [0.717, 1.165) is 36.3 Å². The van der Waals surface area contributed by atoms with Crippen molar-refractivity contribution in [2.75, 3.05) is 11.4 Å². The second kappa shape index (κ2) is 7.09. The molecule has 0 aliphatic carbocycles. The van der Waals surface area contributed by atoms with Crippen molar-refractivity contribution < 1.29 is 9.59 Å². The fourth-order valence-electron chi connectivity index (χ4n) is 3.17. The van der Waals surface area contributed by atoms with Crippen molar-refractivity contribution in [3.8, 4) is 0 Å². The van der Waals surface area contributed by atoms with Crippen LogP contribution in [0.5, 0.6) is 0 Å². The number of aromatic nitrogens is 2. The van der Waals surface area contributed by atoms with E-state index in [4.69, 9.17) is 0 Å². The van der Waals surface area contributed by atoms with Gasteiger partial charge in [-0.2, -0.15) is 5.10 Å². The van der Waals surface area contributed by atoms with E-state index in [1.165, 1.54) is 0 Å². The monoisotopic (exact) mass is 340 g/mol. The first kappa shape index (κ1) is 17.2. The highest BCUT2D eigenvalue weighted by atomic mass is 16.2. The van der Waals surface area contributed by atoms with Gasteiger partial charge in [-0.25, -0.2) is 0 Å². The second-order valence-corrected chi connectivity index (χ2v) is 6.55. The van der Waals surface area contributed by atoms with E-state index in [1.54, 1.807) is 27.9 Å². The van der Waals surface area contributed by atoms with Crippen LogP contribution in [0.15, 0.2) is 30.5 Å². The average molecular weight is 340 g/mol. The molecule has 1 N–H and O–H groups in total. The van der Waals surface area contributed by atoms with Crippen LogP contribution in [0.4, 0.5) is 5.69 Å². The molecular formula is C19H24N4O2. The topological polar surface area (TPSA) is 67.2 Å². The van der Waals surface area contributed by atoms with Crippen molar-refractivity contribution in [1.29, 1.82) is 0 Å². The number of piperidine rings is 1. The molecule has 1 atom stereocenters. The molecule has 1 aliphatic rings. The van der Waals surface area contributed by atoms with Gasteiger partial charge in [-0.3, -0.25) is 14.3 Å². The Balaban J connectivity index is 1.68. The van der Waals surface area contributed by atoms with Crippen molar-refractivity contribution >= 4 is 17.5 Å². The van der Waals surface area contributed by atoms with Gasteiger partial charge in [-0.1, -0.05) is 0 Å². The van der Waals surface area contributed by atoms with Gasteiger partial charge in [0, 0.05) is 42.5 Å². The number of benzene rings is 1. The number of carbonyl (C=O) groups excluding carboxylic acids is 2. The number of hydrogen-bond donors (Lipinski definition) is 1. The third-order valence-corrected chi connectivity index (χ3v) is 4.85. The average Bonchev–Trinajstić information content (AvgIpc) is 2.95. The highest BCUT2D eigenvalue weighted by Crippen LogP contribution is 2.22. The lowest BCUT2D eigenvalue weighted by atomic mass is 10.1. The van der Waals surface area contributed by atoms with Crippen LogP contribution in [-0.2, 0) is 11.8 Å². The molecule has 25 heavy (non-hydrogen) atoms. The summed E-state index contributed by atoms with van der Waals surface area (Å²) in [5.41, 5.74) is 3.48. The number of anilines is 1. The molecular weight excluding hydrogens is 316 g/mol. The van der Waals surface area contributed by atoms with E-state index in [9.17, 15) is 9.59 Å². The highest BCUT2D eigenvalue weighted by Gasteiger charge is 2.20. The number of nitrogens with zero attached hydrogens (tertiary/aromatic N) is 3. The van der Waals surface area contributed by atoms with Crippen molar-refractivity contribution in [2.24, 2.45) is 7.05 Å². The number of hydrogen-bond acceptors (Lipinski definition) is 3. The van der Waals surface area contributed by atoms with Gasteiger partial charge in [0.1, 0.15) is 0 Å². The van der Waals surface area contributed by atoms with Crippen molar-refractivity contribution in [3.05, 3.63) is 47.3 Å². The maximum absolute atomic E-state index is 12.5. The van der Waals surface area contributed by atoms with Crippen molar-refractivity contribution in [2.45, 2.75) is 39.2 Å². The van der Waals surface area contributed by atoms with Crippen LogP contribution < -0.4 is 10.2 Å². The number of amides is 2. The fraction of sp³-hybridized carbons (Fsp3) is 0.421. The summed E-state index contributed by atoms with van der Waals surface area (Å²) in [7, 11) is 1.88. The summed E-state index contributed by atoms with van der Waals surface area (Å²) in [4.78, 5) is 26.3. The van der Waals surface area contributed by atoms with E-state index >= 15 is 0 Å². The Labute approximate surface area is 147 Å². The van der Waals surface area contributed by atoms with E-state index < -0.39 is 0 Å².